The second kappa shape index (κ2) is 9.76. The fourth-order valence-electron chi connectivity index (χ4n) is 2.71. The van der Waals surface area contributed by atoms with Crippen LogP contribution >= 0.6 is 23.4 Å². The lowest BCUT2D eigenvalue weighted by Crippen LogP contribution is -2.15. The highest BCUT2D eigenvalue weighted by molar-refractivity contribution is 7.99. The molecular formula is C20H22ClN5O2S. The van der Waals surface area contributed by atoms with Gasteiger partial charge in [-0.05, 0) is 44.5 Å². The number of hydrogen-bond donors (Lipinski definition) is 1. The minimum atomic E-state index is -0.177. The molecule has 0 spiro atoms. The van der Waals surface area contributed by atoms with Gasteiger partial charge in [0.15, 0.2) is 11.0 Å². The topological polar surface area (TPSA) is 81.9 Å². The van der Waals surface area contributed by atoms with Crippen LogP contribution in [0.1, 0.15) is 23.9 Å². The zero-order valence-corrected chi connectivity index (χ0v) is 18.0. The number of benzene rings is 1. The van der Waals surface area contributed by atoms with E-state index in [0.29, 0.717) is 29.1 Å². The van der Waals surface area contributed by atoms with Crippen molar-refractivity contribution in [1.29, 1.82) is 0 Å². The number of rotatable bonds is 8. The molecule has 152 valence electrons. The first-order valence-electron chi connectivity index (χ1n) is 9.12. The summed E-state index contributed by atoms with van der Waals surface area (Å²) >= 11 is 7.12. The maximum absolute atomic E-state index is 12.2. The summed E-state index contributed by atoms with van der Waals surface area (Å²) in [6.07, 6.45) is 1.49. The van der Waals surface area contributed by atoms with Crippen LogP contribution in [-0.4, -0.2) is 31.4 Å². The van der Waals surface area contributed by atoms with Crippen molar-refractivity contribution in [1.82, 2.24) is 19.7 Å². The summed E-state index contributed by atoms with van der Waals surface area (Å²) in [6.45, 7) is 7.06. The second-order valence-electron chi connectivity index (χ2n) is 6.40. The highest BCUT2D eigenvalue weighted by Crippen LogP contribution is 2.22. The van der Waals surface area contributed by atoms with Gasteiger partial charge in [-0.1, -0.05) is 41.1 Å². The van der Waals surface area contributed by atoms with Gasteiger partial charge in [0.1, 0.15) is 18.2 Å². The molecule has 0 radical (unpaired) electrons. The van der Waals surface area contributed by atoms with Gasteiger partial charge in [0.05, 0.1) is 10.8 Å². The minimum absolute atomic E-state index is 0.177. The van der Waals surface area contributed by atoms with Crippen molar-refractivity contribution in [3.63, 3.8) is 0 Å². The van der Waals surface area contributed by atoms with Crippen LogP contribution in [0.5, 0.6) is 5.75 Å². The lowest BCUT2D eigenvalue weighted by Gasteiger charge is -2.11. The molecule has 0 atom stereocenters. The smallest absolute Gasteiger partial charge is 0.236 e. The molecule has 3 rings (SSSR count). The van der Waals surface area contributed by atoms with Crippen LogP contribution in [0, 0.1) is 13.8 Å². The number of halogens is 1. The number of nitrogens with zero attached hydrogens (tertiary/aromatic N) is 4. The van der Waals surface area contributed by atoms with E-state index in [1.165, 1.54) is 23.5 Å². The van der Waals surface area contributed by atoms with Gasteiger partial charge in [0, 0.05) is 12.7 Å². The number of hydrogen-bond acceptors (Lipinski definition) is 6. The molecule has 3 aromatic rings. The number of carbonyl (C=O) groups excluding carboxylic acids is 1. The average molecular weight is 432 g/mol. The van der Waals surface area contributed by atoms with E-state index in [1.54, 1.807) is 12.1 Å². The van der Waals surface area contributed by atoms with Crippen molar-refractivity contribution in [2.75, 3.05) is 11.1 Å². The molecule has 1 amide bonds. The number of thioether (sulfide) groups is 1. The lowest BCUT2D eigenvalue weighted by atomic mass is 10.1. The summed E-state index contributed by atoms with van der Waals surface area (Å²) < 4.78 is 7.86. The lowest BCUT2D eigenvalue weighted by molar-refractivity contribution is -0.113. The Morgan fingerprint density at radius 2 is 2.07 bits per heavy atom. The summed E-state index contributed by atoms with van der Waals surface area (Å²) in [5.74, 6) is 2.02. The van der Waals surface area contributed by atoms with Crippen molar-refractivity contribution in [3.05, 3.63) is 58.5 Å². The molecule has 0 fully saturated rings. The Morgan fingerprint density at radius 1 is 1.24 bits per heavy atom. The first-order chi connectivity index (χ1) is 14.0. The van der Waals surface area contributed by atoms with Crippen molar-refractivity contribution in [2.45, 2.75) is 39.1 Å². The average Bonchev–Trinajstić information content (AvgIpc) is 3.09. The van der Waals surface area contributed by atoms with E-state index in [2.05, 4.69) is 26.6 Å². The molecule has 2 heterocycles. The van der Waals surface area contributed by atoms with Crippen LogP contribution in [0.3, 0.4) is 0 Å². The number of amides is 1. The van der Waals surface area contributed by atoms with Gasteiger partial charge in [-0.25, -0.2) is 4.98 Å². The molecule has 0 aliphatic heterocycles. The van der Waals surface area contributed by atoms with Crippen molar-refractivity contribution in [3.8, 4) is 5.75 Å². The van der Waals surface area contributed by atoms with Crippen molar-refractivity contribution < 1.29 is 9.53 Å². The van der Waals surface area contributed by atoms with Crippen molar-refractivity contribution >= 4 is 35.1 Å². The third-order valence-electron chi connectivity index (χ3n) is 4.12. The Bertz CT molecular complexity index is 991. The van der Waals surface area contributed by atoms with Gasteiger partial charge in [0.2, 0.25) is 5.91 Å². The van der Waals surface area contributed by atoms with Gasteiger partial charge in [-0.15, -0.1) is 10.2 Å². The van der Waals surface area contributed by atoms with Gasteiger partial charge in [0.25, 0.3) is 0 Å². The number of pyridine rings is 1. The van der Waals surface area contributed by atoms with Gasteiger partial charge in [-0.3, -0.25) is 4.79 Å². The SMILES string of the molecule is CCn1c(COc2ccc(C)cc2C)nnc1SCC(=O)Nc1ccc(Cl)cn1. The molecule has 1 aromatic carbocycles. The summed E-state index contributed by atoms with van der Waals surface area (Å²) in [5.41, 5.74) is 2.27. The monoisotopic (exact) mass is 431 g/mol. The molecular weight excluding hydrogens is 410 g/mol. The highest BCUT2D eigenvalue weighted by Gasteiger charge is 2.14. The molecule has 2 aromatic heterocycles. The minimum Gasteiger partial charge on any atom is -0.485 e. The van der Waals surface area contributed by atoms with E-state index < -0.39 is 0 Å². The van der Waals surface area contributed by atoms with Crippen LogP contribution in [-0.2, 0) is 17.9 Å². The third kappa shape index (κ3) is 5.71. The van der Waals surface area contributed by atoms with Gasteiger partial charge < -0.3 is 14.6 Å². The number of aromatic nitrogens is 4. The molecule has 7 nitrogen and oxygen atoms in total. The van der Waals surface area contributed by atoms with E-state index in [1.807, 2.05) is 37.5 Å². The zero-order chi connectivity index (χ0) is 20.8. The fourth-order valence-corrected chi connectivity index (χ4v) is 3.65. The molecule has 0 saturated carbocycles. The molecule has 0 unspecified atom stereocenters. The van der Waals surface area contributed by atoms with E-state index >= 15 is 0 Å². The van der Waals surface area contributed by atoms with Crippen molar-refractivity contribution in [2.24, 2.45) is 0 Å². The van der Waals surface area contributed by atoms with Crippen LogP contribution in [0.15, 0.2) is 41.7 Å². The van der Waals surface area contributed by atoms with Crippen LogP contribution in [0.4, 0.5) is 5.82 Å². The zero-order valence-electron chi connectivity index (χ0n) is 16.5. The standard InChI is InChI=1S/C20H22ClN5O2S/c1-4-26-18(11-28-16-7-5-13(2)9-14(16)3)24-25-20(26)29-12-19(27)23-17-8-6-15(21)10-22-17/h5-10H,4,11-12H2,1-3H3,(H,22,23,27). The first-order valence-corrected chi connectivity index (χ1v) is 10.5. The van der Waals surface area contributed by atoms with E-state index in [4.69, 9.17) is 16.3 Å². The number of ether oxygens (including phenoxy) is 1. The first kappa shape index (κ1) is 21.1. The summed E-state index contributed by atoms with van der Waals surface area (Å²) in [6, 6.07) is 9.38. The number of aryl methyl sites for hydroxylation is 2. The van der Waals surface area contributed by atoms with Gasteiger partial charge >= 0.3 is 0 Å². The molecule has 0 bridgehead atoms. The van der Waals surface area contributed by atoms with E-state index in [9.17, 15) is 4.79 Å². The largest absolute Gasteiger partial charge is 0.485 e. The number of carbonyl (C=O) groups is 1. The van der Waals surface area contributed by atoms with Crippen LogP contribution in [0.2, 0.25) is 5.02 Å². The predicted molar refractivity (Wildman–Crippen MR) is 115 cm³/mol. The Hall–Kier alpha value is -2.58. The third-order valence-corrected chi connectivity index (χ3v) is 5.31. The van der Waals surface area contributed by atoms with E-state index in [-0.39, 0.29) is 11.7 Å². The molecule has 1 N–H and O–H groups in total. The van der Waals surface area contributed by atoms with E-state index in [0.717, 1.165) is 17.1 Å². The fraction of sp³-hybridized carbons (Fsp3) is 0.300. The summed E-state index contributed by atoms with van der Waals surface area (Å²) in [7, 11) is 0. The molecule has 0 aliphatic carbocycles. The Labute approximate surface area is 178 Å². The molecule has 0 aliphatic rings. The number of anilines is 1. The van der Waals surface area contributed by atoms with Crippen LogP contribution < -0.4 is 10.1 Å². The second-order valence-corrected chi connectivity index (χ2v) is 7.78. The van der Waals surface area contributed by atoms with Gasteiger partial charge in [-0.2, -0.15) is 0 Å². The summed E-state index contributed by atoms with van der Waals surface area (Å²) in [4.78, 5) is 16.2. The molecule has 0 saturated heterocycles. The quantitative estimate of drug-likeness (QED) is 0.536. The van der Waals surface area contributed by atoms with Crippen LogP contribution in [0.25, 0.3) is 0 Å². The predicted octanol–water partition coefficient (Wildman–Crippen LogP) is 4.27. The summed E-state index contributed by atoms with van der Waals surface area (Å²) in [5, 5.41) is 12.4. The highest BCUT2D eigenvalue weighted by atomic mass is 35.5. The normalized spacial score (nSPS) is 10.8. The maximum Gasteiger partial charge on any atom is 0.236 e. The number of nitrogens with one attached hydrogen (secondary N) is 1. The maximum atomic E-state index is 12.2. The molecule has 9 heteroatoms. The Morgan fingerprint density at radius 3 is 2.76 bits per heavy atom. The molecule has 29 heavy (non-hydrogen) atoms. The Balaban J connectivity index is 1.58. The Kier molecular flexibility index (Phi) is 7.11.